The zero-order valence-corrected chi connectivity index (χ0v) is 11.0. The molecule has 0 bridgehead atoms. The maximum absolute atomic E-state index is 12.1. The van der Waals surface area contributed by atoms with Crippen LogP contribution >= 0.6 is 0 Å². The number of rotatable bonds is 3. The van der Waals surface area contributed by atoms with E-state index in [0.29, 0.717) is 31.3 Å². The van der Waals surface area contributed by atoms with Crippen LogP contribution < -0.4 is 0 Å². The van der Waals surface area contributed by atoms with Gasteiger partial charge >= 0.3 is 0 Å². The van der Waals surface area contributed by atoms with Gasteiger partial charge < -0.3 is 0 Å². The summed E-state index contributed by atoms with van der Waals surface area (Å²) in [5, 5.41) is 7.97. The number of hydrogen-bond donors (Lipinski definition) is 0. The van der Waals surface area contributed by atoms with Crippen LogP contribution in [0.25, 0.3) is 0 Å². The second-order valence-corrected chi connectivity index (χ2v) is 6.79. The van der Waals surface area contributed by atoms with Crippen LogP contribution in [0, 0.1) is 23.2 Å². The van der Waals surface area contributed by atoms with E-state index in [0.717, 1.165) is 6.42 Å². The Morgan fingerprint density at radius 2 is 2.06 bits per heavy atom. The molecule has 1 aliphatic rings. The monoisotopic (exact) mass is 244 g/mol. The molecule has 0 saturated carbocycles. The number of hydrogen-bond acceptors (Lipinski definition) is 3. The van der Waals surface area contributed by atoms with Crippen LogP contribution in [0.3, 0.4) is 0 Å². The molecule has 0 amide bonds. The van der Waals surface area contributed by atoms with E-state index >= 15 is 0 Å². The van der Waals surface area contributed by atoms with Crippen LogP contribution in [0.5, 0.6) is 0 Å². The molecular formula is C11H20N2O2S. The average molecular weight is 244 g/mol. The topological polar surface area (TPSA) is 61.2 Å². The van der Waals surface area contributed by atoms with Crippen molar-refractivity contribution in [1.82, 2.24) is 4.31 Å². The molecule has 92 valence electrons. The fraction of sp³-hybridized carbons (Fsp3) is 0.909. The van der Waals surface area contributed by atoms with Crippen molar-refractivity contribution in [3.05, 3.63) is 0 Å². The molecule has 1 saturated heterocycles. The second-order valence-electron chi connectivity index (χ2n) is 4.67. The van der Waals surface area contributed by atoms with Crippen molar-refractivity contribution in [3.8, 4) is 6.07 Å². The first-order chi connectivity index (χ1) is 7.43. The van der Waals surface area contributed by atoms with Crippen LogP contribution in [-0.2, 0) is 10.0 Å². The summed E-state index contributed by atoms with van der Waals surface area (Å²) in [4.78, 5) is 0. The van der Waals surface area contributed by atoms with Gasteiger partial charge in [-0.1, -0.05) is 20.8 Å². The summed E-state index contributed by atoms with van der Waals surface area (Å²) < 4.78 is 25.7. The van der Waals surface area contributed by atoms with Gasteiger partial charge in [0.2, 0.25) is 10.0 Å². The summed E-state index contributed by atoms with van der Waals surface area (Å²) in [5.41, 5.74) is 0. The Morgan fingerprint density at radius 3 is 2.50 bits per heavy atom. The van der Waals surface area contributed by atoms with Crippen LogP contribution in [-0.4, -0.2) is 31.1 Å². The molecule has 5 heteroatoms. The third kappa shape index (κ3) is 2.55. The van der Waals surface area contributed by atoms with Crippen LogP contribution in [0.2, 0.25) is 0 Å². The Morgan fingerprint density at radius 1 is 1.44 bits per heavy atom. The average Bonchev–Trinajstić information content (AvgIpc) is 2.23. The number of piperidine rings is 1. The Bertz CT molecular complexity index is 372. The normalized spacial score (nSPS) is 29.6. The van der Waals surface area contributed by atoms with E-state index in [1.165, 1.54) is 4.31 Å². The molecule has 16 heavy (non-hydrogen) atoms. The van der Waals surface area contributed by atoms with Crippen molar-refractivity contribution in [3.63, 3.8) is 0 Å². The maximum atomic E-state index is 12.1. The molecule has 0 N–H and O–H groups in total. The lowest BCUT2D eigenvalue weighted by molar-refractivity contribution is 0.212. The zero-order chi connectivity index (χ0) is 12.3. The molecule has 0 aromatic carbocycles. The first-order valence-electron chi connectivity index (χ1n) is 5.82. The molecule has 1 aliphatic heterocycles. The largest absolute Gasteiger partial charge is 0.230 e. The predicted octanol–water partition coefficient (Wildman–Crippen LogP) is 1.60. The summed E-state index contributed by atoms with van der Waals surface area (Å²) in [6, 6.07) is 1.89. The Kier molecular flexibility index (Phi) is 4.34. The van der Waals surface area contributed by atoms with Gasteiger partial charge in [0.05, 0.1) is 6.07 Å². The molecule has 3 atom stereocenters. The Labute approximate surface area is 98.3 Å². The Balaban J connectivity index is 2.82. The lowest BCUT2D eigenvalue weighted by Crippen LogP contribution is -2.45. The van der Waals surface area contributed by atoms with Gasteiger partial charge in [0.1, 0.15) is 0 Å². The van der Waals surface area contributed by atoms with Crippen molar-refractivity contribution >= 4 is 10.0 Å². The van der Waals surface area contributed by atoms with Crippen molar-refractivity contribution in [1.29, 1.82) is 5.26 Å². The van der Waals surface area contributed by atoms with Gasteiger partial charge in [0.25, 0.3) is 0 Å². The van der Waals surface area contributed by atoms with Gasteiger partial charge in [-0.3, -0.25) is 0 Å². The van der Waals surface area contributed by atoms with Crippen molar-refractivity contribution < 1.29 is 8.42 Å². The molecule has 1 fully saturated rings. The first kappa shape index (κ1) is 13.5. The predicted molar refractivity (Wildman–Crippen MR) is 63.1 cm³/mol. The summed E-state index contributed by atoms with van der Waals surface area (Å²) in [5.74, 6) is 0.938. The summed E-state index contributed by atoms with van der Waals surface area (Å²) in [6.07, 6.45) is 1.25. The molecular weight excluding hydrogens is 224 g/mol. The van der Waals surface area contributed by atoms with Crippen molar-refractivity contribution in [2.24, 2.45) is 11.8 Å². The molecule has 0 aromatic heterocycles. The molecule has 4 nitrogen and oxygen atoms in total. The van der Waals surface area contributed by atoms with Gasteiger partial charge in [-0.15, -0.1) is 0 Å². The highest BCUT2D eigenvalue weighted by Gasteiger charge is 2.35. The van der Waals surface area contributed by atoms with Gasteiger partial charge in [-0.2, -0.15) is 5.26 Å². The molecule has 1 rings (SSSR count). The quantitative estimate of drug-likeness (QED) is 0.757. The molecule has 0 radical (unpaired) electrons. The van der Waals surface area contributed by atoms with Crippen molar-refractivity contribution in [2.45, 2.75) is 38.9 Å². The zero-order valence-electron chi connectivity index (χ0n) is 10.2. The Hall–Kier alpha value is -0.600. The highest BCUT2D eigenvalue weighted by molar-refractivity contribution is 7.90. The molecule has 3 unspecified atom stereocenters. The van der Waals surface area contributed by atoms with E-state index in [2.05, 4.69) is 13.8 Å². The van der Waals surface area contributed by atoms with Gasteiger partial charge in [-0.25, -0.2) is 12.7 Å². The molecule has 0 aliphatic carbocycles. The van der Waals surface area contributed by atoms with E-state index < -0.39 is 15.3 Å². The minimum atomic E-state index is -3.41. The smallest absolute Gasteiger partial charge is 0.211 e. The number of sulfonamides is 1. The van der Waals surface area contributed by atoms with Crippen LogP contribution in [0.1, 0.15) is 33.6 Å². The molecule has 0 spiro atoms. The fourth-order valence-electron chi connectivity index (χ4n) is 2.00. The number of nitriles is 1. The minimum absolute atomic E-state index is 0.360. The summed E-state index contributed by atoms with van der Waals surface area (Å²) in [6.45, 7) is 7.07. The number of nitrogens with zero attached hydrogens (tertiary/aromatic N) is 2. The summed E-state index contributed by atoms with van der Waals surface area (Å²) in [7, 11) is -3.41. The first-order valence-corrected chi connectivity index (χ1v) is 7.32. The standard InChI is InChI=1S/C11H20N2O2S/c1-4-11(7-12)16(14,15)13-6-5-9(2)10(3)8-13/h9-11H,4-6,8H2,1-3H3. The third-order valence-corrected chi connectivity index (χ3v) is 5.74. The van der Waals surface area contributed by atoms with E-state index in [9.17, 15) is 8.42 Å². The third-order valence-electron chi connectivity index (χ3n) is 3.53. The second kappa shape index (κ2) is 5.15. The van der Waals surface area contributed by atoms with Gasteiger partial charge in [-0.05, 0) is 24.7 Å². The SMILES string of the molecule is CCC(C#N)S(=O)(=O)N1CCC(C)C(C)C1. The highest BCUT2D eigenvalue weighted by atomic mass is 32.2. The van der Waals surface area contributed by atoms with Crippen LogP contribution in [0.15, 0.2) is 0 Å². The lowest BCUT2D eigenvalue weighted by Gasteiger charge is -2.35. The van der Waals surface area contributed by atoms with E-state index in [1.54, 1.807) is 6.92 Å². The molecule has 0 aromatic rings. The molecule has 1 heterocycles. The summed E-state index contributed by atoms with van der Waals surface area (Å²) >= 11 is 0. The maximum Gasteiger partial charge on any atom is 0.230 e. The highest BCUT2D eigenvalue weighted by Crippen LogP contribution is 2.26. The van der Waals surface area contributed by atoms with Crippen molar-refractivity contribution in [2.75, 3.05) is 13.1 Å². The lowest BCUT2D eigenvalue weighted by atomic mass is 9.90. The van der Waals surface area contributed by atoms with E-state index in [-0.39, 0.29) is 0 Å². The fourth-order valence-corrected chi connectivity index (χ4v) is 3.72. The van der Waals surface area contributed by atoms with E-state index in [1.807, 2.05) is 6.07 Å². The van der Waals surface area contributed by atoms with Crippen LogP contribution in [0.4, 0.5) is 0 Å². The van der Waals surface area contributed by atoms with Gasteiger partial charge in [0, 0.05) is 13.1 Å². The van der Waals surface area contributed by atoms with Gasteiger partial charge in [0.15, 0.2) is 5.25 Å². The minimum Gasteiger partial charge on any atom is -0.211 e. The van der Waals surface area contributed by atoms with E-state index in [4.69, 9.17) is 5.26 Å².